The number of aromatic nitrogens is 1. The molecule has 0 fully saturated rings. The summed E-state index contributed by atoms with van der Waals surface area (Å²) in [6, 6.07) is 0. The molecule has 68 valence electrons. The molecule has 1 rings (SSSR count). The lowest BCUT2D eigenvalue weighted by atomic mass is 9.90. The summed E-state index contributed by atoms with van der Waals surface area (Å²) in [6.07, 6.45) is 1.02. The van der Waals surface area contributed by atoms with Crippen LogP contribution in [-0.4, -0.2) is 11.5 Å². The molecule has 2 nitrogen and oxygen atoms in total. The monoisotopic (exact) mass is 184 g/mol. The molecule has 0 aliphatic carbocycles. The van der Waals surface area contributed by atoms with Gasteiger partial charge in [0.1, 0.15) is 0 Å². The van der Waals surface area contributed by atoms with Gasteiger partial charge in [-0.2, -0.15) is 0 Å². The van der Waals surface area contributed by atoms with Crippen molar-refractivity contribution in [1.29, 1.82) is 0 Å². The molecule has 0 bridgehead atoms. The van der Waals surface area contributed by atoms with Crippen molar-refractivity contribution in [3.63, 3.8) is 0 Å². The van der Waals surface area contributed by atoms with Crippen molar-refractivity contribution < 1.29 is 0 Å². The lowest BCUT2D eigenvalue weighted by Gasteiger charge is -2.19. The summed E-state index contributed by atoms with van der Waals surface area (Å²) >= 11 is 1.73. The third kappa shape index (κ3) is 1.84. The first-order valence-corrected chi connectivity index (χ1v) is 5.13. The van der Waals surface area contributed by atoms with Crippen LogP contribution >= 0.6 is 11.3 Å². The molecular formula is C9H16N2S. The largest absolute Gasteiger partial charge is 0.330 e. The Morgan fingerprint density at radius 2 is 2.25 bits per heavy atom. The minimum Gasteiger partial charge on any atom is -0.330 e. The molecular weight excluding hydrogens is 168 g/mol. The van der Waals surface area contributed by atoms with Gasteiger partial charge in [0, 0.05) is 17.3 Å². The number of aryl methyl sites for hydroxylation is 1. The van der Waals surface area contributed by atoms with Gasteiger partial charge >= 0.3 is 0 Å². The van der Waals surface area contributed by atoms with Crippen molar-refractivity contribution in [3.8, 4) is 0 Å². The summed E-state index contributed by atoms with van der Waals surface area (Å²) < 4.78 is 0. The number of rotatable bonds is 3. The lowest BCUT2D eigenvalue weighted by Crippen LogP contribution is -2.28. The van der Waals surface area contributed by atoms with E-state index in [0.717, 1.165) is 12.1 Å². The molecule has 12 heavy (non-hydrogen) atoms. The van der Waals surface area contributed by atoms with Crippen molar-refractivity contribution in [2.24, 2.45) is 5.73 Å². The Balaban J connectivity index is 2.88. The zero-order valence-corrected chi connectivity index (χ0v) is 8.74. The maximum absolute atomic E-state index is 5.65. The third-order valence-electron chi connectivity index (χ3n) is 2.06. The van der Waals surface area contributed by atoms with Crippen LogP contribution in [0.4, 0.5) is 0 Å². The van der Waals surface area contributed by atoms with Gasteiger partial charge in [-0.3, -0.25) is 0 Å². The van der Waals surface area contributed by atoms with Gasteiger partial charge < -0.3 is 5.73 Å². The van der Waals surface area contributed by atoms with E-state index in [1.807, 2.05) is 0 Å². The summed E-state index contributed by atoms with van der Waals surface area (Å²) in [5.74, 6) is 0. The molecule has 3 heteroatoms. The quantitative estimate of drug-likeness (QED) is 0.779. The van der Waals surface area contributed by atoms with Gasteiger partial charge in [0.15, 0.2) is 0 Å². The molecule has 0 aliphatic heterocycles. The summed E-state index contributed by atoms with van der Waals surface area (Å²) in [7, 11) is 0. The fourth-order valence-corrected chi connectivity index (χ4v) is 1.83. The van der Waals surface area contributed by atoms with Crippen LogP contribution in [0.25, 0.3) is 0 Å². The lowest BCUT2D eigenvalue weighted by molar-refractivity contribution is 0.523. The van der Waals surface area contributed by atoms with Gasteiger partial charge in [0.05, 0.1) is 10.7 Å². The van der Waals surface area contributed by atoms with Gasteiger partial charge in [0.25, 0.3) is 0 Å². The fourth-order valence-electron chi connectivity index (χ4n) is 0.889. The maximum atomic E-state index is 5.65. The van der Waals surface area contributed by atoms with Crippen molar-refractivity contribution in [3.05, 3.63) is 16.1 Å². The second kappa shape index (κ2) is 3.54. The molecule has 0 saturated heterocycles. The molecule has 1 aromatic heterocycles. The van der Waals surface area contributed by atoms with Crippen molar-refractivity contribution in [2.45, 2.75) is 32.6 Å². The molecule has 0 spiro atoms. The molecule has 0 saturated carbocycles. The second-order valence-corrected chi connectivity index (χ2v) is 4.51. The Kier molecular flexibility index (Phi) is 2.85. The van der Waals surface area contributed by atoms with Crippen LogP contribution in [0.15, 0.2) is 5.38 Å². The van der Waals surface area contributed by atoms with Crippen LogP contribution in [0.3, 0.4) is 0 Å². The molecule has 0 aromatic carbocycles. The Hall–Kier alpha value is -0.410. The molecule has 0 aliphatic rings. The van der Waals surface area contributed by atoms with E-state index in [1.165, 1.54) is 5.01 Å². The highest BCUT2D eigenvalue weighted by atomic mass is 32.1. The normalized spacial score (nSPS) is 12.0. The topological polar surface area (TPSA) is 38.9 Å². The Morgan fingerprint density at radius 3 is 2.67 bits per heavy atom. The van der Waals surface area contributed by atoms with E-state index in [9.17, 15) is 0 Å². The third-order valence-corrected chi connectivity index (χ3v) is 3.05. The number of nitrogens with zero attached hydrogens (tertiary/aromatic N) is 1. The maximum Gasteiger partial charge on any atom is 0.0925 e. The fraction of sp³-hybridized carbons (Fsp3) is 0.667. The number of thiazole rings is 1. The van der Waals surface area contributed by atoms with Gasteiger partial charge in [-0.25, -0.2) is 4.98 Å². The van der Waals surface area contributed by atoms with E-state index < -0.39 is 0 Å². The first-order chi connectivity index (χ1) is 5.60. The number of hydrogen-bond acceptors (Lipinski definition) is 3. The number of nitrogens with two attached hydrogens (primary N) is 1. The molecule has 1 aromatic rings. The van der Waals surface area contributed by atoms with Crippen LogP contribution in [-0.2, 0) is 11.8 Å². The highest BCUT2D eigenvalue weighted by Gasteiger charge is 2.21. The minimum atomic E-state index is 0.0317. The van der Waals surface area contributed by atoms with Crippen LogP contribution in [0, 0.1) is 0 Å². The highest BCUT2D eigenvalue weighted by molar-refractivity contribution is 7.09. The Bertz CT molecular complexity index is 253. The Labute approximate surface area is 77.8 Å². The smallest absolute Gasteiger partial charge is 0.0925 e. The predicted octanol–water partition coefficient (Wildman–Crippen LogP) is 1.94. The van der Waals surface area contributed by atoms with Crippen LogP contribution in [0.5, 0.6) is 0 Å². The van der Waals surface area contributed by atoms with Crippen molar-refractivity contribution in [2.75, 3.05) is 6.54 Å². The van der Waals surface area contributed by atoms with E-state index in [1.54, 1.807) is 11.3 Å². The molecule has 1 heterocycles. The first-order valence-electron chi connectivity index (χ1n) is 4.25. The van der Waals surface area contributed by atoms with Crippen LogP contribution in [0.1, 0.15) is 31.5 Å². The first kappa shape index (κ1) is 9.68. The van der Waals surface area contributed by atoms with Gasteiger partial charge in [-0.15, -0.1) is 11.3 Å². The molecule has 0 radical (unpaired) electrons. The minimum absolute atomic E-state index is 0.0317. The van der Waals surface area contributed by atoms with Crippen LogP contribution < -0.4 is 5.73 Å². The summed E-state index contributed by atoms with van der Waals surface area (Å²) in [5, 5.41) is 3.32. The van der Waals surface area contributed by atoms with Crippen molar-refractivity contribution >= 4 is 11.3 Å². The molecule has 2 N–H and O–H groups in total. The predicted molar refractivity (Wildman–Crippen MR) is 53.6 cm³/mol. The second-order valence-electron chi connectivity index (χ2n) is 3.57. The summed E-state index contributed by atoms with van der Waals surface area (Å²) in [4.78, 5) is 4.51. The van der Waals surface area contributed by atoms with Gasteiger partial charge in [-0.1, -0.05) is 20.8 Å². The van der Waals surface area contributed by atoms with Crippen molar-refractivity contribution in [1.82, 2.24) is 4.98 Å². The van der Waals surface area contributed by atoms with Gasteiger partial charge in [-0.05, 0) is 6.42 Å². The SMILES string of the molecule is CCc1nc(C(C)(C)CN)cs1. The van der Waals surface area contributed by atoms with E-state index in [4.69, 9.17) is 5.73 Å². The number of hydrogen-bond donors (Lipinski definition) is 1. The average molecular weight is 184 g/mol. The van der Waals surface area contributed by atoms with E-state index in [0.29, 0.717) is 6.54 Å². The van der Waals surface area contributed by atoms with Crippen LogP contribution in [0.2, 0.25) is 0 Å². The van der Waals surface area contributed by atoms with E-state index >= 15 is 0 Å². The van der Waals surface area contributed by atoms with Gasteiger partial charge in [0.2, 0.25) is 0 Å². The zero-order chi connectivity index (χ0) is 9.19. The standard InChI is InChI=1S/C9H16N2S/c1-4-8-11-7(5-12-8)9(2,3)6-10/h5H,4,6,10H2,1-3H3. The zero-order valence-electron chi connectivity index (χ0n) is 7.92. The molecule has 0 atom stereocenters. The van der Waals surface area contributed by atoms with E-state index in [2.05, 4.69) is 31.1 Å². The summed E-state index contributed by atoms with van der Waals surface area (Å²) in [6.45, 7) is 7.03. The average Bonchev–Trinajstić information content (AvgIpc) is 2.52. The molecule has 0 amide bonds. The highest BCUT2D eigenvalue weighted by Crippen LogP contribution is 2.23. The summed E-state index contributed by atoms with van der Waals surface area (Å²) in [5.41, 5.74) is 6.82. The van der Waals surface area contributed by atoms with E-state index in [-0.39, 0.29) is 5.41 Å². The molecule has 0 unspecified atom stereocenters. The Morgan fingerprint density at radius 1 is 1.58 bits per heavy atom.